The molecule has 0 unspecified atom stereocenters. The lowest BCUT2D eigenvalue weighted by Gasteiger charge is -2.15. The quantitative estimate of drug-likeness (QED) is 0.727. The smallest absolute Gasteiger partial charge is 0.126 e. The lowest BCUT2D eigenvalue weighted by atomic mass is 9.94. The fourth-order valence-electron chi connectivity index (χ4n) is 2.14. The Hall–Kier alpha value is -0.930. The summed E-state index contributed by atoms with van der Waals surface area (Å²) in [5, 5.41) is 0. The van der Waals surface area contributed by atoms with E-state index in [1.807, 2.05) is 19.2 Å². The van der Waals surface area contributed by atoms with Gasteiger partial charge >= 0.3 is 0 Å². The molecule has 0 amide bonds. The highest BCUT2D eigenvalue weighted by Crippen LogP contribution is 2.27. The Morgan fingerprint density at radius 2 is 2.07 bits per heavy atom. The summed E-state index contributed by atoms with van der Waals surface area (Å²) in [7, 11) is 2.01. The summed E-state index contributed by atoms with van der Waals surface area (Å²) in [6.07, 6.45) is 0. The number of hydrogen-bond acceptors (Lipinski definition) is 2. The van der Waals surface area contributed by atoms with E-state index in [0.29, 0.717) is 0 Å². The monoisotopic (exact) mass is 194 g/mol. The van der Waals surface area contributed by atoms with Crippen LogP contribution in [0.5, 0.6) is 0 Å². The minimum absolute atomic E-state index is 0.0527. The highest BCUT2D eigenvalue weighted by molar-refractivity contribution is 5.25. The van der Waals surface area contributed by atoms with E-state index < -0.39 is 0 Å². The van der Waals surface area contributed by atoms with Crippen LogP contribution in [0.25, 0.3) is 0 Å². The summed E-state index contributed by atoms with van der Waals surface area (Å²) >= 11 is 0. The summed E-state index contributed by atoms with van der Waals surface area (Å²) in [5.41, 5.74) is 6.72. The average molecular weight is 194 g/mol. The lowest BCUT2D eigenvalue weighted by Crippen LogP contribution is -2.28. The summed E-state index contributed by atoms with van der Waals surface area (Å²) in [6, 6.07) is 6.96. The third kappa shape index (κ3) is 1.65. The first kappa shape index (κ1) is 9.62. The second-order valence-electron chi connectivity index (χ2n) is 4.01. The van der Waals surface area contributed by atoms with Crippen molar-refractivity contribution < 1.29 is 4.39 Å². The topological polar surface area (TPSA) is 29.3 Å². The maximum atomic E-state index is 13.5. The van der Waals surface area contributed by atoms with Crippen molar-refractivity contribution in [2.24, 2.45) is 5.73 Å². The Morgan fingerprint density at radius 3 is 2.64 bits per heavy atom. The molecule has 14 heavy (non-hydrogen) atoms. The van der Waals surface area contributed by atoms with E-state index in [2.05, 4.69) is 4.90 Å². The second-order valence-corrected chi connectivity index (χ2v) is 4.01. The Kier molecular flexibility index (Phi) is 2.52. The van der Waals surface area contributed by atoms with E-state index in [4.69, 9.17) is 5.73 Å². The van der Waals surface area contributed by atoms with Crippen LogP contribution >= 0.6 is 0 Å². The number of rotatable bonds is 1. The molecule has 0 bridgehead atoms. The van der Waals surface area contributed by atoms with Crippen LogP contribution in [0, 0.1) is 5.82 Å². The molecule has 2 atom stereocenters. The zero-order valence-electron chi connectivity index (χ0n) is 8.28. The zero-order chi connectivity index (χ0) is 10.1. The fraction of sp³-hybridized carbons (Fsp3) is 0.455. The summed E-state index contributed by atoms with van der Waals surface area (Å²) in [5.74, 6) is 0.00412. The first-order valence-electron chi connectivity index (χ1n) is 4.87. The van der Waals surface area contributed by atoms with Gasteiger partial charge < -0.3 is 10.6 Å². The molecule has 1 aromatic carbocycles. The van der Waals surface area contributed by atoms with Gasteiger partial charge in [-0.15, -0.1) is 0 Å². The van der Waals surface area contributed by atoms with Crippen LogP contribution in [0.1, 0.15) is 11.5 Å². The van der Waals surface area contributed by atoms with Gasteiger partial charge in [-0.25, -0.2) is 4.39 Å². The van der Waals surface area contributed by atoms with Gasteiger partial charge in [0.15, 0.2) is 0 Å². The molecule has 1 saturated heterocycles. The Bertz CT molecular complexity index is 327. The van der Waals surface area contributed by atoms with Gasteiger partial charge in [0.25, 0.3) is 0 Å². The predicted octanol–water partition coefficient (Wildman–Crippen LogP) is 1.18. The summed E-state index contributed by atoms with van der Waals surface area (Å²) < 4.78 is 13.5. The third-order valence-electron chi connectivity index (χ3n) is 2.85. The van der Waals surface area contributed by atoms with Crippen LogP contribution in [0.2, 0.25) is 0 Å². The molecule has 2 nitrogen and oxygen atoms in total. The lowest BCUT2D eigenvalue weighted by molar-refractivity contribution is 0.406. The molecule has 1 fully saturated rings. The highest BCUT2D eigenvalue weighted by Gasteiger charge is 2.30. The van der Waals surface area contributed by atoms with Gasteiger partial charge in [-0.05, 0) is 18.7 Å². The van der Waals surface area contributed by atoms with Crippen LogP contribution < -0.4 is 5.73 Å². The molecule has 2 N–H and O–H groups in total. The molecular weight excluding hydrogens is 179 g/mol. The number of hydrogen-bond donors (Lipinski definition) is 1. The second kappa shape index (κ2) is 3.67. The minimum atomic E-state index is -0.136. The van der Waals surface area contributed by atoms with Gasteiger partial charge in [0, 0.05) is 25.0 Å². The third-order valence-corrected chi connectivity index (χ3v) is 2.85. The zero-order valence-corrected chi connectivity index (χ0v) is 8.28. The van der Waals surface area contributed by atoms with Crippen molar-refractivity contribution in [2.45, 2.75) is 12.0 Å². The van der Waals surface area contributed by atoms with E-state index >= 15 is 0 Å². The largest absolute Gasteiger partial charge is 0.326 e. The van der Waals surface area contributed by atoms with Crippen LogP contribution in [-0.4, -0.2) is 31.1 Å². The van der Waals surface area contributed by atoms with Crippen LogP contribution in [-0.2, 0) is 0 Å². The molecule has 0 aliphatic carbocycles. The number of nitrogens with zero attached hydrogens (tertiary/aromatic N) is 1. The number of benzene rings is 1. The maximum Gasteiger partial charge on any atom is 0.126 e. The van der Waals surface area contributed by atoms with Crippen LogP contribution in [0.15, 0.2) is 24.3 Å². The van der Waals surface area contributed by atoms with Crippen LogP contribution in [0.3, 0.4) is 0 Å². The van der Waals surface area contributed by atoms with Gasteiger partial charge in [0.2, 0.25) is 0 Å². The molecule has 0 aromatic heterocycles. The van der Waals surface area contributed by atoms with E-state index in [9.17, 15) is 4.39 Å². The normalized spacial score (nSPS) is 28.2. The molecule has 0 radical (unpaired) electrons. The van der Waals surface area contributed by atoms with Crippen molar-refractivity contribution in [3.8, 4) is 0 Å². The number of halogens is 1. The van der Waals surface area contributed by atoms with Crippen molar-refractivity contribution in [1.29, 1.82) is 0 Å². The molecule has 3 heteroatoms. The molecular formula is C11H15FN2. The van der Waals surface area contributed by atoms with Crippen molar-refractivity contribution in [1.82, 2.24) is 4.90 Å². The van der Waals surface area contributed by atoms with Crippen LogP contribution in [0.4, 0.5) is 4.39 Å². The maximum absolute atomic E-state index is 13.5. The van der Waals surface area contributed by atoms with Crippen molar-refractivity contribution in [3.63, 3.8) is 0 Å². The number of likely N-dealkylation sites (N-methyl/N-ethyl adjacent to an activating group) is 1. The molecule has 0 saturated carbocycles. The SMILES string of the molecule is CN1C[C@H](N)[C@H](c2ccccc2F)C1. The molecule has 1 aliphatic rings. The summed E-state index contributed by atoms with van der Waals surface area (Å²) in [4.78, 5) is 2.14. The van der Waals surface area contributed by atoms with Crippen molar-refractivity contribution in [2.75, 3.05) is 20.1 Å². The summed E-state index contributed by atoms with van der Waals surface area (Å²) in [6.45, 7) is 1.70. The van der Waals surface area contributed by atoms with E-state index in [0.717, 1.165) is 18.7 Å². The van der Waals surface area contributed by atoms with E-state index in [1.54, 1.807) is 6.07 Å². The van der Waals surface area contributed by atoms with E-state index in [1.165, 1.54) is 6.07 Å². The Labute approximate surface area is 83.5 Å². The standard InChI is InChI=1S/C11H15FN2/c1-14-6-9(11(13)7-14)8-4-2-3-5-10(8)12/h2-5,9,11H,6-7,13H2,1H3/t9-,11-/m0/s1. The highest BCUT2D eigenvalue weighted by atomic mass is 19.1. The molecule has 1 aromatic rings. The predicted molar refractivity (Wildman–Crippen MR) is 54.6 cm³/mol. The van der Waals surface area contributed by atoms with Gasteiger partial charge in [0.1, 0.15) is 5.82 Å². The van der Waals surface area contributed by atoms with E-state index in [-0.39, 0.29) is 17.8 Å². The van der Waals surface area contributed by atoms with Gasteiger partial charge in [0.05, 0.1) is 0 Å². The average Bonchev–Trinajstić information content (AvgIpc) is 2.46. The Balaban J connectivity index is 2.27. The molecule has 1 aliphatic heterocycles. The molecule has 1 heterocycles. The van der Waals surface area contributed by atoms with Crippen molar-refractivity contribution in [3.05, 3.63) is 35.6 Å². The van der Waals surface area contributed by atoms with Gasteiger partial charge in [-0.3, -0.25) is 0 Å². The molecule has 2 rings (SSSR count). The minimum Gasteiger partial charge on any atom is -0.326 e. The molecule has 0 spiro atoms. The van der Waals surface area contributed by atoms with Crippen molar-refractivity contribution >= 4 is 0 Å². The first-order chi connectivity index (χ1) is 6.68. The first-order valence-corrected chi connectivity index (χ1v) is 4.87. The van der Waals surface area contributed by atoms with Gasteiger partial charge in [-0.2, -0.15) is 0 Å². The number of likely N-dealkylation sites (tertiary alicyclic amines) is 1. The molecule has 76 valence electrons. The number of nitrogens with two attached hydrogens (primary N) is 1. The van der Waals surface area contributed by atoms with Gasteiger partial charge in [-0.1, -0.05) is 18.2 Å². The fourth-order valence-corrected chi connectivity index (χ4v) is 2.14. The Morgan fingerprint density at radius 1 is 1.36 bits per heavy atom.